The van der Waals surface area contributed by atoms with Crippen LogP contribution < -0.4 is 9.64 Å². The van der Waals surface area contributed by atoms with Gasteiger partial charge < -0.3 is 55.4 Å². The van der Waals surface area contributed by atoms with Crippen LogP contribution in [0.1, 0.15) is 60.3 Å². The quantitative estimate of drug-likeness (QED) is 0.0811. The average molecular weight is 812 g/mol. The number of carbonyl (C=O) groups excluding carboxylic acids is 1. The number of anilines is 1. The number of carboxylic acid groups (broad SMARTS) is 1. The number of hydrogen-bond donors (Lipinski definition) is 9. The molecule has 0 bridgehead atoms. The summed E-state index contributed by atoms with van der Waals surface area (Å²) in [6.07, 6.45) is 3.64. The summed E-state index contributed by atoms with van der Waals surface area (Å²) in [5.41, 5.74) is -0.354. The molecule has 3 aromatic carbocycles. The van der Waals surface area contributed by atoms with Crippen molar-refractivity contribution in [2.75, 3.05) is 18.2 Å². The van der Waals surface area contributed by atoms with Gasteiger partial charge in [-0.15, -0.1) is 0 Å². The minimum absolute atomic E-state index is 0.00856. The largest absolute Gasteiger partial charge is 0.508 e. The number of phenolic OH excluding ortho intramolecular Hbond substituents is 3. The molecule has 0 aromatic heterocycles. The molecule has 16 nitrogen and oxygen atoms in total. The topological polar surface area (TPSA) is 263 Å². The summed E-state index contributed by atoms with van der Waals surface area (Å²) in [5, 5.41) is 97.3. The fourth-order valence-corrected chi connectivity index (χ4v) is 9.72. The van der Waals surface area contributed by atoms with E-state index >= 15 is 0 Å². The zero-order valence-corrected chi connectivity index (χ0v) is 31.7. The van der Waals surface area contributed by atoms with E-state index in [-0.39, 0.29) is 29.2 Å². The predicted octanol–water partition coefficient (Wildman–Crippen LogP) is 2.38. The van der Waals surface area contributed by atoms with Crippen LogP contribution in [0.15, 0.2) is 82.8 Å². The maximum Gasteiger partial charge on any atom is 0.355 e. The van der Waals surface area contributed by atoms with Gasteiger partial charge in [-0.25, -0.2) is 4.79 Å². The van der Waals surface area contributed by atoms with Crippen molar-refractivity contribution in [2.45, 2.75) is 85.8 Å². The van der Waals surface area contributed by atoms with Crippen molar-refractivity contribution >= 4 is 35.6 Å². The fraction of sp³-hybridized carbons (Fsp3) is 0.395. The van der Waals surface area contributed by atoms with E-state index in [1.165, 1.54) is 30.4 Å². The molecule has 310 valence electrons. The number of aromatic hydroxyl groups is 3. The van der Waals surface area contributed by atoms with Crippen LogP contribution in [-0.4, -0.2) is 119 Å². The molecule has 3 aromatic rings. The molecule has 8 atom stereocenters. The van der Waals surface area contributed by atoms with Gasteiger partial charge in [-0.05, 0) is 60.2 Å². The number of nitrogens with zero attached hydrogens (tertiary/aromatic N) is 3. The monoisotopic (exact) mass is 811 g/mol. The van der Waals surface area contributed by atoms with Gasteiger partial charge in [0.05, 0.1) is 18.0 Å². The van der Waals surface area contributed by atoms with Crippen molar-refractivity contribution < 1.29 is 65.0 Å². The number of aliphatic carboxylic acids is 1. The van der Waals surface area contributed by atoms with E-state index in [2.05, 4.69) is 9.98 Å². The van der Waals surface area contributed by atoms with E-state index in [1.807, 2.05) is 6.07 Å². The van der Waals surface area contributed by atoms with Crippen LogP contribution in [-0.2, 0) is 26.2 Å². The third-order valence-electron chi connectivity index (χ3n) is 12.5. The number of aliphatic imine (C=N–C) groups is 2. The Kier molecular flexibility index (Phi) is 10.3. The minimum atomic E-state index is -3.14. The number of fused-ring (bicyclic) bond motifs is 3. The van der Waals surface area contributed by atoms with Crippen LogP contribution in [0.2, 0.25) is 0 Å². The SMILES string of the molecule is O=C(/C=C/c1ccc(O)c(CC2=NCN=C2)c1)N1c2cc(O[C@]3(O)O[C@H](CO)[C@@H](O)[C@H](O)[C@H]3O)c(O)cc2[C@H]2[C@H](C3(c4ccccc4O)CCCCC3)C=C[C@]21C(=O)O. The van der Waals surface area contributed by atoms with Crippen molar-refractivity contribution in [1.82, 2.24) is 0 Å². The molecule has 0 spiro atoms. The Hall–Kier alpha value is -5.62. The van der Waals surface area contributed by atoms with Crippen molar-refractivity contribution in [2.24, 2.45) is 15.9 Å². The second kappa shape index (κ2) is 15.2. The number of hydrogen-bond acceptors (Lipinski definition) is 14. The predicted molar refractivity (Wildman–Crippen MR) is 211 cm³/mol. The number of aliphatic hydroxyl groups is 5. The van der Waals surface area contributed by atoms with Gasteiger partial charge in [0.15, 0.2) is 23.1 Å². The fourth-order valence-electron chi connectivity index (χ4n) is 9.72. The van der Waals surface area contributed by atoms with Crippen molar-refractivity contribution in [3.05, 3.63) is 95.1 Å². The summed E-state index contributed by atoms with van der Waals surface area (Å²) in [6.45, 7) is -0.607. The highest BCUT2D eigenvalue weighted by molar-refractivity contribution is 6.32. The lowest BCUT2D eigenvalue weighted by molar-refractivity contribution is -0.422. The van der Waals surface area contributed by atoms with E-state index in [0.29, 0.717) is 41.9 Å². The number of carboxylic acids is 1. The number of para-hydroxylation sites is 1. The smallest absolute Gasteiger partial charge is 0.355 e. The number of rotatable bonds is 10. The standard InChI is InChI=1S/C43H45N3O13/c47-21-34-37(52)38(53)39(54)43(57,59-34)58-33-19-29-26(18-32(33)50)36-28(41(13-4-1-5-14-41)27-6-2-3-7-31(27)49)12-15-42(36,40(55)56)46(29)35(51)11-9-23-8-10-30(48)24(16-23)17-25-20-44-22-45-25/h2-3,6-12,15-16,18-20,28,34,36-39,47-50,52-54,57H,1,4-5,13-14,17,21-22H2,(H,55,56)/b11-9+/t28-,34-,36+,37-,38+,39-,42-,43+/m1/s1. The molecule has 9 N–H and O–H groups in total. The van der Waals surface area contributed by atoms with Crippen LogP contribution >= 0.6 is 0 Å². The number of carbonyl (C=O) groups is 2. The highest BCUT2D eigenvalue weighted by Gasteiger charge is 2.66. The first kappa shape index (κ1) is 40.2. The van der Waals surface area contributed by atoms with Crippen LogP contribution in [0.25, 0.3) is 6.08 Å². The maximum atomic E-state index is 14.7. The van der Waals surface area contributed by atoms with Crippen LogP contribution in [0, 0.1) is 5.92 Å². The molecule has 1 saturated heterocycles. The summed E-state index contributed by atoms with van der Waals surface area (Å²) >= 11 is 0. The summed E-state index contributed by atoms with van der Waals surface area (Å²) in [7, 11) is 0. The zero-order valence-electron chi connectivity index (χ0n) is 31.7. The molecular formula is C43H45N3O13. The number of benzene rings is 3. The van der Waals surface area contributed by atoms with E-state index in [0.717, 1.165) is 30.2 Å². The van der Waals surface area contributed by atoms with Gasteiger partial charge in [0.25, 0.3) is 5.91 Å². The summed E-state index contributed by atoms with van der Waals surface area (Å²) in [6, 6.07) is 14.0. The molecule has 1 amide bonds. The highest BCUT2D eigenvalue weighted by atomic mass is 16.8. The van der Waals surface area contributed by atoms with Gasteiger partial charge in [0.2, 0.25) is 0 Å². The Morgan fingerprint density at radius 2 is 1.71 bits per heavy atom. The summed E-state index contributed by atoms with van der Waals surface area (Å²) in [4.78, 5) is 38.1. The Labute approximate surface area is 338 Å². The Morgan fingerprint density at radius 1 is 0.949 bits per heavy atom. The molecule has 3 aliphatic heterocycles. The molecule has 5 aliphatic rings. The Balaban J connectivity index is 1.25. The maximum absolute atomic E-state index is 14.7. The average Bonchev–Trinajstić information content (AvgIpc) is 3.95. The van der Waals surface area contributed by atoms with E-state index in [1.54, 1.807) is 42.6 Å². The third kappa shape index (κ3) is 6.56. The Bertz CT molecular complexity index is 2280. The molecule has 59 heavy (non-hydrogen) atoms. The lowest BCUT2D eigenvalue weighted by Crippen LogP contribution is -2.67. The van der Waals surface area contributed by atoms with Gasteiger partial charge in [-0.1, -0.05) is 55.7 Å². The van der Waals surface area contributed by atoms with E-state index in [9.17, 15) is 55.5 Å². The third-order valence-corrected chi connectivity index (χ3v) is 12.5. The van der Waals surface area contributed by atoms with Crippen LogP contribution in [0.3, 0.4) is 0 Å². The number of allylic oxidation sites excluding steroid dienone is 1. The second-order valence-electron chi connectivity index (χ2n) is 15.8. The number of ether oxygens (including phenoxy) is 2. The lowest BCUT2D eigenvalue weighted by atomic mass is 9.57. The first-order chi connectivity index (χ1) is 28.2. The molecule has 0 radical (unpaired) electrons. The number of amides is 1. The summed E-state index contributed by atoms with van der Waals surface area (Å²) in [5.74, 6) is -8.18. The van der Waals surface area contributed by atoms with E-state index < -0.39 is 83.2 Å². The first-order valence-corrected chi connectivity index (χ1v) is 19.4. The number of phenols is 3. The highest BCUT2D eigenvalue weighted by Crippen LogP contribution is 2.64. The molecule has 2 aliphatic carbocycles. The van der Waals surface area contributed by atoms with Crippen molar-refractivity contribution in [1.29, 1.82) is 0 Å². The van der Waals surface area contributed by atoms with Crippen molar-refractivity contribution in [3.63, 3.8) is 0 Å². The second-order valence-corrected chi connectivity index (χ2v) is 15.8. The lowest BCUT2D eigenvalue weighted by Gasteiger charge is -2.46. The number of aliphatic hydroxyl groups excluding tert-OH is 4. The molecule has 16 heteroatoms. The molecule has 2 fully saturated rings. The Morgan fingerprint density at radius 3 is 2.41 bits per heavy atom. The van der Waals surface area contributed by atoms with Crippen LogP contribution in [0.4, 0.5) is 5.69 Å². The van der Waals surface area contributed by atoms with Gasteiger partial charge in [0, 0.05) is 47.2 Å². The molecule has 0 unspecified atom stereocenters. The first-order valence-electron chi connectivity index (χ1n) is 19.4. The van der Waals surface area contributed by atoms with E-state index in [4.69, 9.17) is 9.47 Å². The molecular weight excluding hydrogens is 766 g/mol. The van der Waals surface area contributed by atoms with Gasteiger partial charge >= 0.3 is 11.9 Å². The van der Waals surface area contributed by atoms with Crippen molar-refractivity contribution in [3.8, 4) is 23.0 Å². The zero-order chi connectivity index (χ0) is 41.9. The molecule has 3 heterocycles. The van der Waals surface area contributed by atoms with Crippen LogP contribution in [0.5, 0.6) is 23.0 Å². The normalized spacial score (nSPS) is 30.7. The van der Waals surface area contributed by atoms with Gasteiger partial charge in [-0.3, -0.25) is 19.7 Å². The molecule has 8 rings (SSSR count). The summed E-state index contributed by atoms with van der Waals surface area (Å²) < 4.78 is 10.9. The minimum Gasteiger partial charge on any atom is -0.508 e. The van der Waals surface area contributed by atoms with Gasteiger partial charge in [0.1, 0.15) is 36.5 Å². The van der Waals surface area contributed by atoms with Gasteiger partial charge in [-0.2, -0.15) is 0 Å². The molecule has 1 saturated carbocycles.